The van der Waals surface area contributed by atoms with E-state index >= 15 is 0 Å². The average molecular weight is 233 g/mol. The van der Waals surface area contributed by atoms with Crippen LogP contribution in [0, 0.1) is 5.92 Å². The molecule has 82 valence electrons. The summed E-state index contributed by atoms with van der Waals surface area (Å²) in [5, 5.41) is 3.25. The third kappa shape index (κ3) is 3.73. The molecule has 0 saturated carbocycles. The highest BCUT2D eigenvalue weighted by Crippen LogP contribution is 2.24. The van der Waals surface area contributed by atoms with Crippen molar-refractivity contribution in [2.75, 3.05) is 17.3 Å². The average Bonchev–Trinajstić information content (AvgIpc) is 2.19. The summed E-state index contributed by atoms with van der Waals surface area (Å²) in [5.41, 5.74) is 0. The molecule has 1 aliphatic rings. The van der Waals surface area contributed by atoms with Gasteiger partial charge in [0.15, 0.2) is 0 Å². The molecule has 1 rings (SSSR count). The maximum absolute atomic E-state index is 11.8. The third-order valence-electron chi connectivity index (χ3n) is 2.48. The van der Waals surface area contributed by atoms with Crippen LogP contribution in [-0.4, -0.2) is 34.5 Å². The molecule has 4 heteroatoms. The largest absolute Gasteiger partial charge is 0.352 e. The normalized spacial score (nSPS) is 24.7. The van der Waals surface area contributed by atoms with Crippen LogP contribution in [0.2, 0.25) is 0 Å². The van der Waals surface area contributed by atoms with Gasteiger partial charge in [0, 0.05) is 23.3 Å². The smallest absolute Gasteiger partial charge is 0.234 e. The second-order valence-corrected chi connectivity index (χ2v) is 6.44. The van der Waals surface area contributed by atoms with Crippen LogP contribution < -0.4 is 5.32 Å². The Morgan fingerprint density at radius 3 is 2.57 bits per heavy atom. The topological polar surface area (TPSA) is 29.1 Å². The van der Waals surface area contributed by atoms with Crippen molar-refractivity contribution in [3.8, 4) is 0 Å². The van der Waals surface area contributed by atoms with E-state index in [2.05, 4.69) is 26.1 Å². The lowest BCUT2D eigenvalue weighted by Gasteiger charge is -2.24. The van der Waals surface area contributed by atoms with Crippen molar-refractivity contribution in [3.05, 3.63) is 0 Å². The molecule has 2 nitrogen and oxygen atoms in total. The van der Waals surface area contributed by atoms with E-state index in [0.29, 0.717) is 5.92 Å². The number of nitrogens with one attached hydrogen (secondary N) is 1. The summed E-state index contributed by atoms with van der Waals surface area (Å²) in [6.07, 6.45) is 0. The highest BCUT2D eigenvalue weighted by molar-refractivity contribution is 8.07. The second kappa shape index (κ2) is 5.91. The van der Waals surface area contributed by atoms with E-state index in [0.717, 1.165) is 11.5 Å². The zero-order chi connectivity index (χ0) is 10.6. The lowest BCUT2D eigenvalue weighted by atomic mass is 10.1. The van der Waals surface area contributed by atoms with E-state index in [1.54, 1.807) is 11.8 Å². The lowest BCUT2D eigenvalue weighted by Crippen LogP contribution is -2.42. The molecule has 1 heterocycles. The molecule has 2 atom stereocenters. The van der Waals surface area contributed by atoms with Crippen molar-refractivity contribution in [2.45, 2.75) is 32.1 Å². The van der Waals surface area contributed by atoms with Crippen molar-refractivity contribution in [1.82, 2.24) is 5.32 Å². The monoisotopic (exact) mass is 233 g/mol. The molecule has 1 fully saturated rings. The number of thioether (sulfide) groups is 2. The van der Waals surface area contributed by atoms with Crippen molar-refractivity contribution in [1.29, 1.82) is 0 Å². The Hall–Kier alpha value is 0.170. The van der Waals surface area contributed by atoms with E-state index in [1.165, 1.54) is 5.75 Å². The maximum Gasteiger partial charge on any atom is 0.234 e. The Kier molecular flexibility index (Phi) is 5.17. The number of hydrogen-bond donors (Lipinski definition) is 1. The molecule has 0 aromatic rings. The fourth-order valence-electron chi connectivity index (χ4n) is 1.12. The minimum absolute atomic E-state index is 0.176. The maximum atomic E-state index is 11.8. The molecule has 14 heavy (non-hydrogen) atoms. The van der Waals surface area contributed by atoms with Gasteiger partial charge in [-0.2, -0.15) is 11.8 Å². The number of hydrogen-bond acceptors (Lipinski definition) is 3. The van der Waals surface area contributed by atoms with Crippen LogP contribution in [0.4, 0.5) is 0 Å². The van der Waals surface area contributed by atoms with E-state index in [-0.39, 0.29) is 17.2 Å². The number of carbonyl (C=O) groups excluding carboxylic acids is 1. The molecule has 1 saturated heterocycles. The van der Waals surface area contributed by atoms with Crippen LogP contribution in [0.25, 0.3) is 0 Å². The third-order valence-corrected chi connectivity index (χ3v) is 5.23. The Morgan fingerprint density at radius 1 is 1.36 bits per heavy atom. The fraction of sp³-hybridized carbons (Fsp3) is 0.900. The molecule has 1 N–H and O–H groups in total. The molecule has 1 aliphatic heterocycles. The molecule has 0 aromatic heterocycles. The molecule has 0 spiro atoms. The van der Waals surface area contributed by atoms with Crippen molar-refractivity contribution in [3.63, 3.8) is 0 Å². The van der Waals surface area contributed by atoms with Gasteiger partial charge in [0.2, 0.25) is 5.91 Å². The first kappa shape index (κ1) is 12.2. The van der Waals surface area contributed by atoms with Gasteiger partial charge in [-0.05, 0) is 12.8 Å². The molecule has 2 unspecified atom stereocenters. The van der Waals surface area contributed by atoms with Gasteiger partial charge in [-0.1, -0.05) is 13.8 Å². The summed E-state index contributed by atoms with van der Waals surface area (Å²) in [4.78, 5) is 11.8. The van der Waals surface area contributed by atoms with Gasteiger partial charge in [-0.15, -0.1) is 11.8 Å². The summed E-state index contributed by atoms with van der Waals surface area (Å²) in [6, 6.07) is 0.287. The van der Waals surface area contributed by atoms with Crippen LogP contribution in [-0.2, 0) is 4.79 Å². The zero-order valence-corrected chi connectivity index (χ0v) is 10.7. The lowest BCUT2D eigenvalue weighted by molar-refractivity contribution is -0.121. The van der Waals surface area contributed by atoms with Crippen LogP contribution in [0.5, 0.6) is 0 Å². The van der Waals surface area contributed by atoms with Crippen LogP contribution in [0.15, 0.2) is 0 Å². The van der Waals surface area contributed by atoms with Gasteiger partial charge in [0.25, 0.3) is 0 Å². The standard InChI is InChI=1S/C10H19NOS2/c1-7(2)8(3)11-10(12)9-6-13-4-5-14-9/h7-9H,4-6H2,1-3H3,(H,11,12). The first-order valence-corrected chi connectivity index (χ1v) is 7.31. The first-order chi connectivity index (χ1) is 6.61. The number of rotatable bonds is 3. The highest BCUT2D eigenvalue weighted by Gasteiger charge is 2.23. The van der Waals surface area contributed by atoms with Crippen LogP contribution in [0.1, 0.15) is 20.8 Å². The van der Waals surface area contributed by atoms with Crippen molar-refractivity contribution >= 4 is 29.4 Å². The van der Waals surface area contributed by atoms with Crippen molar-refractivity contribution < 1.29 is 4.79 Å². The quantitative estimate of drug-likeness (QED) is 0.808. The molecule has 1 amide bonds. The number of carbonyl (C=O) groups is 1. The molecule has 0 bridgehead atoms. The second-order valence-electron chi connectivity index (χ2n) is 3.98. The summed E-state index contributed by atoms with van der Waals surface area (Å²) < 4.78 is 0. The predicted octanol–water partition coefficient (Wildman–Crippen LogP) is 2.00. The molecular weight excluding hydrogens is 214 g/mol. The minimum atomic E-state index is 0.176. The Morgan fingerprint density at radius 2 is 2.07 bits per heavy atom. The molecule has 0 aliphatic carbocycles. The molecule has 0 aromatic carbocycles. The van der Waals surface area contributed by atoms with Crippen LogP contribution >= 0.6 is 23.5 Å². The summed E-state index contributed by atoms with van der Waals surface area (Å²) >= 11 is 3.68. The fourth-order valence-corrected chi connectivity index (χ4v) is 3.69. The predicted molar refractivity (Wildman–Crippen MR) is 66.0 cm³/mol. The SMILES string of the molecule is CC(C)C(C)NC(=O)C1CSCCS1. The highest BCUT2D eigenvalue weighted by atomic mass is 32.2. The van der Waals surface area contributed by atoms with E-state index in [4.69, 9.17) is 0 Å². The summed E-state index contributed by atoms with van der Waals surface area (Å²) in [6.45, 7) is 6.34. The van der Waals surface area contributed by atoms with Gasteiger partial charge in [-0.3, -0.25) is 4.79 Å². The Bertz CT molecular complexity index is 191. The van der Waals surface area contributed by atoms with E-state index in [9.17, 15) is 4.79 Å². The van der Waals surface area contributed by atoms with Gasteiger partial charge >= 0.3 is 0 Å². The number of amides is 1. The Balaban J connectivity index is 2.33. The Labute approximate surface area is 95.0 Å². The van der Waals surface area contributed by atoms with E-state index in [1.807, 2.05) is 11.8 Å². The zero-order valence-electron chi connectivity index (χ0n) is 9.08. The van der Waals surface area contributed by atoms with E-state index < -0.39 is 0 Å². The summed E-state index contributed by atoms with van der Waals surface area (Å²) in [7, 11) is 0. The van der Waals surface area contributed by atoms with Crippen LogP contribution in [0.3, 0.4) is 0 Å². The van der Waals surface area contributed by atoms with Gasteiger partial charge < -0.3 is 5.32 Å². The van der Waals surface area contributed by atoms with Gasteiger partial charge in [0.1, 0.15) is 0 Å². The van der Waals surface area contributed by atoms with Gasteiger partial charge in [-0.25, -0.2) is 0 Å². The summed E-state index contributed by atoms with van der Waals surface area (Å²) in [5.74, 6) is 4.01. The van der Waals surface area contributed by atoms with Crippen molar-refractivity contribution in [2.24, 2.45) is 5.92 Å². The molecular formula is C10H19NOS2. The first-order valence-electron chi connectivity index (χ1n) is 5.11. The minimum Gasteiger partial charge on any atom is -0.352 e. The molecule has 0 radical (unpaired) electrons. The van der Waals surface area contributed by atoms with Gasteiger partial charge in [0.05, 0.1) is 5.25 Å².